The number of nitrogens with zero attached hydrogens (tertiary/aromatic N) is 2. The fourth-order valence-electron chi connectivity index (χ4n) is 1.40. The first kappa shape index (κ1) is 6.65. The van der Waals surface area contributed by atoms with E-state index in [1.165, 1.54) is 0 Å². The molecule has 64 valence electrons. The fraction of sp³-hybridized carbons (Fsp3) is 0.111. The van der Waals surface area contributed by atoms with Crippen LogP contribution in [0.15, 0.2) is 27.7 Å². The Morgan fingerprint density at radius 1 is 1.31 bits per heavy atom. The lowest BCUT2D eigenvalue weighted by molar-refractivity contribution is 0.385. The van der Waals surface area contributed by atoms with Crippen molar-refractivity contribution >= 4 is 23.0 Å². The summed E-state index contributed by atoms with van der Waals surface area (Å²) in [4.78, 5) is 4.11. The maximum absolute atomic E-state index is 5.43. The van der Waals surface area contributed by atoms with E-state index < -0.39 is 0 Å². The summed E-state index contributed by atoms with van der Waals surface area (Å²) in [6.07, 6.45) is 1.68. The van der Waals surface area contributed by atoms with Gasteiger partial charge in [0.25, 0.3) is 0 Å². The Hall–Kier alpha value is -1.84. The third kappa shape index (κ3) is 0.853. The Morgan fingerprint density at radius 2 is 2.31 bits per heavy atom. The standard InChI is InChI=1S/C9H6N2O2/c1-2-6-8-7(3-1)13-11-9(8)10-4-5-12-6/h1-4H,5H2. The van der Waals surface area contributed by atoms with Crippen LogP contribution in [-0.2, 0) is 0 Å². The number of hydrogen-bond donors (Lipinski definition) is 0. The third-order valence-electron chi connectivity index (χ3n) is 1.97. The number of ether oxygens (including phenoxy) is 1. The van der Waals surface area contributed by atoms with Gasteiger partial charge in [0.15, 0.2) is 5.58 Å². The van der Waals surface area contributed by atoms with Crippen LogP contribution in [0.3, 0.4) is 0 Å². The quantitative estimate of drug-likeness (QED) is 0.613. The Morgan fingerprint density at radius 3 is 3.31 bits per heavy atom. The first-order chi connectivity index (χ1) is 6.45. The second kappa shape index (κ2) is 2.32. The molecular formula is C9H6N2O2. The molecule has 0 saturated heterocycles. The van der Waals surface area contributed by atoms with Crippen LogP contribution in [0.5, 0.6) is 5.75 Å². The van der Waals surface area contributed by atoms with E-state index in [2.05, 4.69) is 10.1 Å². The highest BCUT2D eigenvalue weighted by atomic mass is 16.5. The fourth-order valence-corrected chi connectivity index (χ4v) is 1.40. The van der Waals surface area contributed by atoms with Gasteiger partial charge in [0.2, 0.25) is 5.82 Å². The molecule has 0 unspecified atom stereocenters. The summed E-state index contributed by atoms with van der Waals surface area (Å²) in [5.74, 6) is 1.38. The highest BCUT2D eigenvalue weighted by molar-refractivity contribution is 5.94. The number of benzene rings is 1. The molecule has 1 aliphatic rings. The molecule has 1 aromatic heterocycles. The summed E-state index contributed by atoms with van der Waals surface area (Å²) in [7, 11) is 0. The number of aliphatic imine (C=N–C) groups is 1. The number of rotatable bonds is 0. The van der Waals surface area contributed by atoms with Crippen molar-refractivity contribution in [3.05, 3.63) is 18.2 Å². The van der Waals surface area contributed by atoms with Gasteiger partial charge in [-0.3, -0.25) is 0 Å². The van der Waals surface area contributed by atoms with E-state index in [-0.39, 0.29) is 0 Å². The maximum atomic E-state index is 5.43. The topological polar surface area (TPSA) is 47.6 Å². The van der Waals surface area contributed by atoms with E-state index >= 15 is 0 Å². The summed E-state index contributed by atoms with van der Waals surface area (Å²) >= 11 is 0. The molecule has 0 fully saturated rings. The minimum Gasteiger partial charge on any atom is -0.487 e. The minimum absolute atomic E-state index is 0.482. The van der Waals surface area contributed by atoms with Crippen LogP contribution >= 0.6 is 0 Å². The molecule has 1 aliphatic heterocycles. The monoisotopic (exact) mass is 174 g/mol. The van der Waals surface area contributed by atoms with Gasteiger partial charge >= 0.3 is 0 Å². The lowest BCUT2D eigenvalue weighted by atomic mass is 10.2. The van der Waals surface area contributed by atoms with Crippen LogP contribution in [-0.4, -0.2) is 18.0 Å². The van der Waals surface area contributed by atoms with Crippen molar-refractivity contribution in [3.63, 3.8) is 0 Å². The molecule has 4 nitrogen and oxygen atoms in total. The smallest absolute Gasteiger partial charge is 0.206 e. The van der Waals surface area contributed by atoms with Crippen molar-refractivity contribution in [3.8, 4) is 5.75 Å². The Labute approximate surface area is 73.8 Å². The van der Waals surface area contributed by atoms with Gasteiger partial charge in [0.05, 0.1) is 0 Å². The van der Waals surface area contributed by atoms with Gasteiger partial charge < -0.3 is 9.26 Å². The maximum Gasteiger partial charge on any atom is 0.206 e. The molecule has 0 spiro atoms. The van der Waals surface area contributed by atoms with Crippen molar-refractivity contribution in [1.29, 1.82) is 0 Å². The molecule has 1 aromatic carbocycles. The van der Waals surface area contributed by atoms with Crippen LogP contribution in [0, 0.1) is 0 Å². The van der Waals surface area contributed by atoms with E-state index in [0.29, 0.717) is 18.0 Å². The second-order valence-electron chi connectivity index (χ2n) is 2.76. The van der Waals surface area contributed by atoms with Gasteiger partial charge in [0, 0.05) is 6.21 Å². The second-order valence-corrected chi connectivity index (χ2v) is 2.76. The van der Waals surface area contributed by atoms with Crippen LogP contribution in [0.1, 0.15) is 0 Å². The average Bonchev–Trinajstić information content (AvgIpc) is 2.44. The van der Waals surface area contributed by atoms with E-state index in [1.54, 1.807) is 6.21 Å². The van der Waals surface area contributed by atoms with Crippen molar-refractivity contribution in [2.24, 2.45) is 4.99 Å². The summed E-state index contributed by atoms with van der Waals surface area (Å²) in [5, 5.41) is 4.69. The van der Waals surface area contributed by atoms with Crippen molar-refractivity contribution < 1.29 is 9.26 Å². The molecular weight excluding hydrogens is 168 g/mol. The van der Waals surface area contributed by atoms with Gasteiger partial charge in [-0.15, -0.1) is 0 Å². The number of hydrogen-bond acceptors (Lipinski definition) is 4. The van der Waals surface area contributed by atoms with Crippen LogP contribution in [0.25, 0.3) is 11.0 Å². The van der Waals surface area contributed by atoms with Crippen LogP contribution in [0.4, 0.5) is 5.82 Å². The summed E-state index contributed by atoms with van der Waals surface area (Å²) in [6, 6.07) is 5.61. The van der Waals surface area contributed by atoms with E-state index in [4.69, 9.17) is 9.26 Å². The highest BCUT2D eigenvalue weighted by Crippen LogP contribution is 2.34. The number of aromatic nitrogens is 1. The van der Waals surface area contributed by atoms with Gasteiger partial charge in [-0.05, 0) is 12.1 Å². The van der Waals surface area contributed by atoms with Crippen molar-refractivity contribution in [1.82, 2.24) is 5.16 Å². The SMILES string of the molecule is C1=Nc2noc3cccc(c23)OC1. The Bertz CT molecular complexity index is 487. The lowest BCUT2D eigenvalue weighted by Crippen LogP contribution is -1.95. The molecule has 0 amide bonds. The summed E-state index contributed by atoms with van der Waals surface area (Å²) in [6.45, 7) is 0.482. The van der Waals surface area contributed by atoms with E-state index in [0.717, 1.165) is 11.1 Å². The minimum atomic E-state index is 0.482. The normalized spacial score (nSPS) is 14.2. The zero-order valence-corrected chi connectivity index (χ0v) is 6.73. The molecule has 2 aromatic rings. The van der Waals surface area contributed by atoms with Crippen LogP contribution < -0.4 is 4.74 Å². The predicted octanol–water partition coefficient (Wildman–Crippen LogP) is 1.92. The molecule has 0 atom stereocenters. The Balaban J connectivity index is 2.48. The van der Waals surface area contributed by atoms with Crippen LogP contribution in [0.2, 0.25) is 0 Å². The van der Waals surface area contributed by atoms with Gasteiger partial charge in [-0.25, -0.2) is 4.99 Å². The lowest BCUT2D eigenvalue weighted by Gasteiger charge is -2.00. The predicted molar refractivity (Wildman–Crippen MR) is 47.7 cm³/mol. The van der Waals surface area contributed by atoms with Crippen molar-refractivity contribution in [2.45, 2.75) is 0 Å². The van der Waals surface area contributed by atoms with E-state index in [9.17, 15) is 0 Å². The molecule has 0 aliphatic carbocycles. The van der Waals surface area contributed by atoms with E-state index in [1.807, 2.05) is 18.2 Å². The molecule has 0 N–H and O–H groups in total. The van der Waals surface area contributed by atoms with Gasteiger partial charge in [0.1, 0.15) is 17.7 Å². The highest BCUT2D eigenvalue weighted by Gasteiger charge is 2.13. The Kier molecular flexibility index (Phi) is 1.19. The van der Waals surface area contributed by atoms with Crippen molar-refractivity contribution in [2.75, 3.05) is 6.61 Å². The molecule has 13 heavy (non-hydrogen) atoms. The first-order valence-corrected chi connectivity index (χ1v) is 3.99. The molecule has 0 saturated carbocycles. The zero-order chi connectivity index (χ0) is 8.67. The third-order valence-corrected chi connectivity index (χ3v) is 1.97. The molecule has 2 heterocycles. The van der Waals surface area contributed by atoms with Gasteiger partial charge in [-0.2, -0.15) is 0 Å². The molecule has 4 heteroatoms. The summed E-state index contributed by atoms with van der Waals surface area (Å²) in [5.41, 5.74) is 0.714. The molecule has 0 radical (unpaired) electrons. The largest absolute Gasteiger partial charge is 0.487 e. The summed E-state index contributed by atoms with van der Waals surface area (Å²) < 4.78 is 10.5. The van der Waals surface area contributed by atoms with Gasteiger partial charge in [-0.1, -0.05) is 11.2 Å². The zero-order valence-electron chi connectivity index (χ0n) is 6.73. The average molecular weight is 174 g/mol. The molecule has 3 rings (SSSR count). The first-order valence-electron chi connectivity index (χ1n) is 3.99. The molecule has 0 bridgehead atoms.